The largest absolute Gasteiger partial charge is 0.480 e. The van der Waals surface area contributed by atoms with Crippen LogP contribution in [-0.2, 0) is 20.7 Å². The number of carboxylic acids is 1. The first-order chi connectivity index (χ1) is 11.1. The zero-order valence-electron chi connectivity index (χ0n) is 13.8. The third-order valence-corrected chi connectivity index (χ3v) is 3.03. The Balaban J connectivity index is 2.81. The van der Waals surface area contributed by atoms with Crippen molar-refractivity contribution in [2.75, 3.05) is 6.54 Å². The Kier molecular flexibility index (Phi) is 7.03. The number of carbonyl (C=O) groups excluding carboxylic acids is 2. The average molecular weight is 357 g/mol. The topological polar surface area (TPSA) is 105 Å². The molecule has 1 rings (SSSR count). The first-order valence-electron chi connectivity index (χ1n) is 7.30. The quantitative estimate of drug-likeness (QED) is 0.722. The number of alkyl carbamates (subject to hydrolysis) is 1. The molecule has 3 N–H and O–H groups in total. The Bertz CT molecular complexity index is 595. The highest BCUT2D eigenvalue weighted by Gasteiger charge is 2.25. The van der Waals surface area contributed by atoms with E-state index in [2.05, 4.69) is 10.6 Å². The van der Waals surface area contributed by atoms with Crippen LogP contribution in [0.2, 0.25) is 5.02 Å². The van der Waals surface area contributed by atoms with Crippen LogP contribution in [0, 0.1) is 0 Å². The van der Waals surface area contributed by atoms with Gasteiger partial charge in [-0.25, -0.2) is 4.79 Å². The maximum Gasteiger partial charge on any atom is 0.408 e. The highest BCUT2D eigenvalue weighted by atomic mass is 35.5. The van der Waals surface area contributed by atoms with Crippen LogP contribution in [0.1, 0.15) is 26.3 Å². The smallest absolute Gasteiger partial charge is 0.408 e. The second-order valence-electron chi connectivity index (χ2n) is 6.14. The van der Waals surface area contributed by atoms with Crippen molar-refractivity contribution >= 4 is 29.6 Å². The van der Waals surface area contributed by atoms with E-state index in [1.807, 2.05) is 0 Å². The van der Waals surface area contributed by atoms with Crippen molar-refractivity contribution in [3.05, 3.63) is 34.9 Å². The van der Waals surface area contributed by atoms with E-state index in [9.17, 15) is 14.4 Å². The van der Waals surface area contributed by atoms with E-state index in [0.29, 0.717) is 5.02 Å². The Morgan fingerprint density at radius 3 is 2.29 bits per heavy atom. The summed E-state index contributed by atoms with van der Waals surface area (Å²) in [5.74, 6) is -1.79. The Labute approximate surface area is 145 Å². The third kappa shape index (κ3) is 7.82. The van der Waals surface area contributed by atoms with Crippen molar-refractivity contribution in [1.82, 2.24) is 10.6 Å². The molecule has 0 fully saturated rings. The maximum atomic E-state index is 12.1. The lowest BCUT2D eigenvalue weighted by Gasteiger charge is -2.23. The van der Waals surface area contributed by atoms with Crippen LogP contribution < -0.4 is 10.6 Å². The second-order valence-corrected chi connectivity index (χ2v) is 6.58. The molecule has 0 saturated carbocycles. The number of aliphatic carboxylic acids is 1. The molecule has 24 heavy (non-hydrogen) atoms. The molecule has 7 nitrogen and oxygen atoms in total. The fourth-order valence-electron chi connectivity index (χ4n) is 1.80. The van der Waals surface area contributed by atoms with Gasteiger partial charge in [-0.1, -0.05) is 23.7 Å². The highest BCUT2D eigenvalue weighted by molar-refractivity contribution is 6.30. The van der Waals surface area contributed by atoms with E-state index in [1.54, 1.807) is 45.0 Å². The average Bonchev–Trinajstić information content (AvgIpc) is 2.44. The van der Waals surface area contributed by atoms with Gasteiger partial charge in [0.25, 0.3) is 0 Å². The predicted octanol–water partition coefficient (Wildman–Crippen LogP) is 1.98. The Morgan fingerprint density at radius 2 is 1.79 bits per heavy atom. The number of carbonyl (C=O) groups is 3. The van der Waals surface area contributed by atoms with E-state index < -0.39 is 36.2 Å². The summed E-state index contributed by atoms with van der Waals surface area (Å²) < 4.78 is 5.13. The van der Waals surface area contributed by atoms with Crippen molar-refractivity contribution in [1.29, 1.82) is 0 Å². The molecular formula is C16H21ClN2O5. The van der Waals surface area contributed by atoms with Crippen LogP contribution >= 0.6 is 11.6 Å². The molecule has 8 heteroatoms. The second kappa shape index (κ2) is 8.54. The minimum Gasteiger partial charge on any atom is -0.480 e. The van der Waals surface area contributed by atoms with Gasteiger partial charge in [-0.15, -0.1) is 0 Å². The SMILES string of the molecule is CC(C)(C)OC(=O)N[C@@H](Cc1ccc(Cl)cc1)C(=O)NCC(=O)O. The number of hydrogen-bond donors (Lipinski definition) is 3. The number of amides is 2. The van der Waals surface area contributed by atoms with Crippen molar-refractivity contribution in [3.63, 3.8) is 0 Å². The third-order valence-electron chi connectivity index (χ3n) is 2.77. The molecule has 132 valence electrons. The Morgan fingerprint density at radius 1 is 1.21 bits per heavy atom. The van der Waals surface area contributed by atoms with E-state index in [-0.39, 0.29) is 6.42 Å². The van der Waals surface area contributed by atoms with E-state index in [0.717, 1.165) is 5.56 Å². The van der Waals surface area contributed by atoms with Gasteiger partial charge in [-0.3, -0.25) is 9.59 Å². The zero-order valence-corrected chi connectivity index (χ0v) is 14.5. The van der Waals surface area contributed by atoms with E-state index in [4.69, 9.17) is 21.4 Å². The van der Waals surface area contributed by atoms with Crippen molar-refractivity contribution < 1.29 is 24.2 Å². The number of rotatable bonds is 6. The van der Waals surface area contributed by atoms with Crippen LogP contribution in [0.3, 0.4) is 0 Å². The van der Waals surface area contributed by atoms with Gasteiger partial charge in [0.2, 0.25) is 5.91 Å². The standard InChI is InChI=1S/C16H21ClN2O5/c1-16(2,3)24-15(23)19-12(14(22)18-9-13(20)21)8-10-4-6-11(17)7-5-10/h4-7,12H,8-9H2,1-3H3,(H,18,22)(H,19,23)(H,20,21)/t12-/m0/s1. The molecule has 0 bridgehead atoms. The molecule has 0 radical (unpaired) electrons. The van der Waals surface area contributed by atoms with Crippen LogP contribution in [0.5, 0.6) is 0 Å². The predicted molar refractivity (Wildman–Crippen MR) is 89.0 cm³/mol. The first kappa shape index (κ1) is 19.8. The summed E-state index contributed by atoms with van der Waals surface area (Å²) in [7, 11) is 0. The molecule has 0 unspecified atom stereocenters. The van der Waals surface area contributed by atoms with Gasteiger partial charge in [0.1, 0.15) is 18.2 Å². The summed E-state index contributed by atoms with van der Waals surface area (Å²) in [6.07, 6.45) is -0.589. The van der Waals surface area contributed by atoms with Gasteiger partial charge < -0.3 is 20.5 Å². The zero-order chi connectivity index (χ0) is 18.3. The van der Waals surface area contributed by atoms with Crippen LogP contribution in [0.15, 0.2) is 24.3 Å². The summed E-state index contributed by atoms with van der Waals surface area (Å²) in [6, 6.07) is 5.79. The summed E-state index contributed by atoms with van der Waals surface area (Å²) in [6.45, 7) is 4.56. The molecule has 0 aromatic heterocycles. The molecule has 0 aliphatic carbocycles. The van der Waals surface area contributed by atoms with Gasteiger partial charge >= 0.3 is 12.1 Å². The molecule has 2 amide bonds. The number of halogens is 1. The van der Waals surface area contributed by atoms with Crippen LogP contribution in [0.4, 0.5) is 4.79 Å². The minimum atomic E-state index is -1.18. The number of benzene rings is 1. The van der Waals surface area contributed by atoms with E-state index in [1.165, 1.54) is 0 Å². The summed E-state index contributed by atoms with van der Waals surface area (Å²) >= 11 is 5.82. The fourth-order valence-corrected chi connectivity index (χ4v) is 1.93. The lowest BCUT2D eigenvalue weighted by atomic mass is 10.1. The molecule has 1 aromatic rings. The van der Waals surface area contributed by atoms with Crippen molar-refractivity contribution in [3.8, 4) is 0 Å². The number of nitrogens with one attached hydrogen (secondary N) is 2. The number of ether oxygens (including phenoxy) is 1. The summed E-state index contributed by atoms with van der Waals surface area (Å²) in [5.41, 5.74) is 0.0397. The normalized spacial score (nSPS) is 12.2. The van der Waals surface area contributed by atoms with Crippen molar-refractivity contribution in [2.24, 2.45) is 0 Å². The minimum absolute atomic E-state index is 0.169. The van der Waals surface area contributed by atoms with Gasteiger partial charge in [0.15, 0.2) is 0 Å². The summed E-state index contributed by atoms with van der Waals surface area (Å²) in [5, 5.41) is 13.9. The lowest BCUT2D eigenvalue weighted by Crippen LogP contribution is -2.50. The molecule has 0 saturated heterocycles. The number of hydrogen-bond acceptors (Lipinski definition) is 4. The summed E-state index contributed by atoms with van der Waals surface area (Å²) in [4.78, 5) is 34.6. The van der Waals surface area contributed by atoms with Gasteiger partial charge in [-0.2, -0.15) is 0 Å². The highest BCUT2D eigenvalue weighted by Crippen LogP contribution is 2.12. The number of carboxylic acid groups (broad SMARTS) is 1. The van der Waals surface area contributed by atoms with Gasteiger partial charge in [0, 0.05) is 11.4 Å². The molecule has 0 aliphatic rings. The lowest BCUT2D eigenvalue weighted by molar-refractivity contribution is -0.138. The monoisotopic (exact) mass is 356 g/mol. The molecule has 0 heterocycles. The van der Waals surface area contributed by atoms with Crippen molar-refractivity contribution in [2.45, 2.75) is 38.8 Å². The molecule has 0 spiro atoms. The van der Waals surface area contributed by atoms with Crippen LogP contribution in [0.25, 0.3) is 0 Å². The van der Waals surface area contributed by atoms with E-state index >= 15 is 0 Å². The fraction of sp³-hybridized carbons (Fsp3) is 0.438. The van der Waals surface area contributed by atoms with Gasteiger partial charge in [0.05, 0.1) is 0 Å². The Hall–Kier alpha value is -2.28. The molecular weight excluding hydrogens is 336 g/mol. The van der Waals surface area contributed by atoms with Gasteiger partial charge in [-0.05, 0) is 38.5 Å². The first-order valence-corrected chi connectivity index (χ1v) is 7.68. The van der Waals surface area contributed by atoms with Crippen LogP contribution in [-0.4, -0.2) is 41.3 Å². The maximum absolute atomic E-state index is 12.1. The molecule has 1 aromatic carbocycles. The molecule has 1 atom stereocenters. The molecule has 0 aliphatic heterocycles.